The first-order valence-electron chi connectivity index (χ1n) is 8.51. The molecule has 1 amide bonds. The second kappa shape index (κ2) is 7.01. The summed E-state index contributed by atoms with van der Waals surface area (Å²) < 4.78 is 24.7. The van der Waals surface area contributed by atoms with Crippen LogP contribution in [0.2, 0.25) is 5.02 Å². The van der Waals surface area contributed by atoms with E-state index in [1.54, 1.807) is 0 Å². The number of halogens is 1. The molecule has 0 aromatic heterocycles. The molecule has 1 fully saturated rings. The summed E-state index contributed by atoms with van der Waals surface area (Å²) >= 11 is 5.84. The van der Waals surface area contributed by atoms with E-state index in [1.165, 1.54) is 24.3 Å². The molecule has 2 aliphatic rings. The molecule has 1 aromatic rings. The van der Waals surface area contributed by atoms with Gasteiger partial charge in [0.25, 0.3) is 0 Å². The fourth-order valence-electron chi connectivity index (χ4n) is 3.16. The van der Waals surface area contributed by atoms with Gasteiger partial charge in [0, 0.05) is 30.8 Å². The fourth-order valence-corrected chi connectivity index (χ4v) is 5.37. The number of nitrogens with zero attached hydrogens (tertiary/aromatic N) is 2. The SMILES string of the molecule is C#CCCC1(CCNC(=O)C2(S(=O)(=O)c3ccc(Cl)cc3)CCC2)N=N1. The third-order valence-electron chi connectivity index (χ3n) is 5.08. The van der Waals surface area contributed by atoms with Crippen LogP contribution in [0.1, 0.15) is 38.5 Å². The second-order valence-electron chi connectivity index (χ2n) is 6.70. The summed E-state index contributed by atoms with van der Waals surface area (Å²) in [5.74, 6) is 2.10. The second-order valence-corrected chi connectivity index (χ2v) is 9.39. The molecule has 26 heavy (non-hydrogen) atoms. The van der Waals surface area contributed by atoms with Crippen LogP contribution in [0.4, 0.5) is 0 Å². The standard InChI is InChI=1S/C18H20ClN3O3S/c1-2-3-11-18(21-22-18)12-13-20-16(23)17(9-4-10-17)26(24,25)15-7-5-14(19)6-8-15/h1,5-8H,3-4,9-13H2,(H,20,23). The summed E-state index contributed by atoms with van der Waals surface area (Å²) in [6, 6.07) is 5.93. The molecule has 0 saturated heterocycles. The quantitative estimate of drug-likeness (QED) is 0.688. The molecule has 1 aliphatic heterocycles. The zero-order valence-electron chi connectivity index (χ0n) is 14.2. The zero-order valence-corrected chi connectivity index (χ0v) is 15.8. The number of nitrogens with one attached hydrogen (secondary N) is 1. The summed E-state index contributed by atoms with van der Waals surface area (Å²) in [7, 11) is -3.79. The molecular weight excluding hydrogens is 374 g/mol. The molecule has 6 nitrogen and oxygen atoms in total. The van der Waals surface area contributed by atoms with Gasteiger partial charge in [-0.05, 0) is 43.5 Å². The molecule has 0 atom stereocenters. The van der Waals surface area contributed by atoms with Crippen molar-refractivity contribution in [3.8, 4) is 12.3 Å². The van der Waals surface area contributed by atoms with Crippen molar-refractivity contribution in [2.45, 2.75) is 53.8 Å². The summed E-state index contributed by atoms with van der Waals surface area (Å²) in [4.78, 5) is 12.9. The summed E-state index contributed by atoms with van der Waals surface area (Å²) in [5, 5.41) is 11.3. The summed E-state index contributed by atoms with van der Waals surface area (Å²) in [5.41, 5.74) is -0.499. The maximum atomic E-state index is 13.0. The number of hydrogen-bond donors (Lipinski definition) is 1. The molecule has 1 aliphatic carbocycles. The maximum Gasteiger partial charge on any atom is 0.241 e. The van der Waals surface area contributed by atoms with E-state index in [4.69, 9.17) is 18.0 Å². The van der Waals surface area contributed by atoms with Gasteiger partial charge >= 0.3 is 0 Å². The first-order valence-corrected chi connectivity index (χ1v) is 10.4. The Morgan fingerprint density at radius 1 is 1.23 bits per heavy atom. The van der Waals surface area contributed by atoms with Crippen LogP contribution in [0, 0.1) is 12.3 Å². The van der Waals surface area contributed by atoms with Gasteiger partial charge in [0.15, 0.2) is 20.2 Å². The largest absolute Gasteiger partial charge is 0.355 e. The molecule has 8 heteroatoms. The number of amides is 1. The van der Waals surface area contributed by atoms with Gasteiger partial charge in [-0.15, -0.1) is 12.3 Å². The van der Waals surface area contributed by atoms with Gasteiger partial charge in [-0.3, -0.25) is 4.79 Å². The van der Waals surface area contributed by atoms with Crippen molar-refractivity contribution in [2.24, 2.45) is 10.2 Å². The van der Waals surface area contributed by atoms with E-state index in [0.717, 1.165) is 0 Å². The van der Waals surface area contributed by atoms with Gasteiger partial charge < -0.3 is 5.32 Å². The average molecular weight is 394 g/mol. The average Bonchev–Trinajstić information content (AvgIpc) is 3.32. The molecular formula is C18H20ClN3O3S. The Hall–Kier alpha value is -1.91. The number of carbonyl (C=O) groups excluding carboxylic acids is 1. The highest BCUT2D eigenvalue weighted by Gasteiger charge is 2.55. The molecule has 0 unspecified atom stereocenters. The van der Waals surface area contributed by atoms with Crippen LogP contribution < -0.4 is 5.32 Å². The van der Waals surface area contributed by atoms with Crippen LogP contribution in [0.3, 0.4) is 0 Å². The fraction of sp³-hybridized carbons (Fsp3) is 0.500. The third kappa shape index (κ3) is 3.36. The lowest BCUT2D eigenvalue weighted by Crippen LogP contribution is -2.57. The molecule has 1 heterocycles. The van der Waals surface area contributed by atoms with Gasteiger partial charge in [0.1, 0.15) is 0 Å². The number of sulfone groups is 1. The number of hydrogen-bond acceptors (Lipinski definition) is 5. The van der Waals surface area contributed by atoms with Crippen molar-refractivity contribution < 1.29 is 13.2 Å². The number of terminal acetylenes is 1. The first kappa shape index (κ1) is 18.9. The van der Waals surface area contributed by atoms with Crippen LogP contribution in [0.25, 0.3) is 0 Å². The number of benzene rings is 1. The normalized spacial score (nSPS) is 19.2. The van der Waals surface area contributed by atoms with Gasteiger partial charge in [-0.2, -0.15) is 10.2 Å². The topological polar surface area (TPSA) is 88.0 Å². The Kier molecular flexibility index (Phi) is 5.09. The van der Waals surface area contributed by atoms with Crippen molar-refractivity contribution in [3.63, 3.8) is 0 Å². The molecule has 3 rings (SSSR count). The highest BCUT2D eigenvalue weighted by Crippen LogP contribution is 2.43. The van der Waals surface area contributed by atoms with Gasteiger partial charge in [-0.1, -0.05) is 11.6 Å². The molecule has 0 radical (unpaired) electrons. The third-order valence-corrected chi connectivity index (χ3v) is 7.84. The molecule has 1 aromatic carbocycles. The molecule has 1 saturated carbocycles. The van der Waals surface area contributed by atoms with Crippen LogP contribution in [0.15, 0.2) is 39.4 Å². The Morgan fingerprint density at radius 3 is 2.38 bits per heavy atom. The molecule has 0 spiro atoms. The minimum atomic E-state index is -3.79. The molecule has 1 N–H and O–H groups in total. The van der Waals surface area contributed by atoms with Crippen molar-refractivity contribution in [3.05, 3.63) is 29.3 Å². The lowest BCUT2D eigenvalue weighted by Gasteiger charge is -2.39. The van der Waals surface area contributed by atoms with E-state index >= 15 is 0 Å². The number of rotatable bonds is 8. The van der Waals surface area contributed by atoms with E-state index in [2.05, 4.69) is 21.5 Å². The van der Waals surface area contributed by atoms with Crippen molar-refractivity contribution in [2.75, 3.05) is 6.54 Å². The lowest BCUT2D eigenvalue weighted by molar-refractivity contribution is -0.125. The highest BCUT2D eigenvalue weighted by molar-refractivity contribution is 7.93. The molecule has 138 valence electrons. The Labute approximate surface area is 158 Å². The van der Waals surface area contributed by atoms with E-state index in [0.29, 0.717) is 50.1 Å². The summed E-state index contributed by atoms with van der Waals surface area (Å²) in [6.45, 7) is 0.314. The zero-order chi connectivity index (χ0) is 18.8. The Bertz CT molecular complexity index is 862. The van der Waals surface area contributed by atoms with Crippen LogP contribution in [-0.4, -0.2) is 31.3 Å². The van der Waals surface area contributed by atoms with Crippen LogP contribution in [-0.2, 0) is 14.6 Å². The van der Waals surface area contributed by atoms with Gasteiger partial charge in [0.05, 0.1) is 4.90 Å². The van der Waals surface area contributed by atoms with E-state index < -0.39 is 26.2 Å². The summed E-state index contributed by atoms with van der Waals surface area (Å²) in [6.07, 6.45) is 8.34. The van der Waals surface area contributed by atoms with Crippen molar-refractivity contribution in [1.82, 2.24) is 5.32 Å². The van der Waals surface area contributed by atoms with Gasteiger partial charge in [-0.25, -0.2) is 8.42 Å². The highest BCUT2D eigenvalue weighted by atomic mass is 35.5. The molecule has 0 bridgehead atoms. The van der Waals surface area contributed by atoms with Crippen LogP contribution in [0.5, 0.6) is 0 Å². The monoisotopic (exact) mass is 393 g/mol. The smallest absolute Gasteiger partial charge is 0.241 e. The van der Waals surface area contributed by atoms with E-state index in [9.17, 15) is 13.2 Å². The maximum absolute atomic E-state index is 13.0. The van der Waals surface area contributed by atoms with Crippen molar-refractivity contribution in [1.29, 1.82) is 0 Å². The van der Waals surface area contributed by atoms with Gasteiger partial charge in [0.2, 0.25) is 5.91 Å². The minimum Gasteiger partial charge on any atom is -0.355 e. The number of carbonyl (C=O) groups is 1. The first-order chi connectivity index (χ1) is 12.4. The van der Waals surface area contributed by atoms with E-state index in [1.807, 2.05) is 0 Å². The van der Waals surface area contributed by atoms with E-state index in [-0.39, 0.29) is 4.90 Å². The minimum absolute atomic E-state index is 0.120. The lowest BCUT2D eigenvalue weighted by atomic mass is 9.83. The predicted molar refractivity (Wildman–Crippen MR) is 98.5 cm³/mol. The van der Waals surface area contributed by atoms with Crippen LogP contribution >= 0.6 is 11.6 Å². The van der Waals surface area contributed by atoms with Crippen molar-refractivity contribution >= 4 is 27.3 Å². The Morgan fingerprint density at radius 2 is 1.88 bits per heavy atom. The predicted octanol–water partition coefficient (Wildman–Crippen LogP) is 3.12. The Balaban J connectivity index is 1.66.